The van der Waals surface area contributed by atoms with Gasteiger partial charge in [0, 0.05) is 68.2 Å². The van der Waals surface area contributed by atoms with Gasteiger partial charge in [-0.2, -0.15) is 18.6 Å². The van der Waals surface area contributed by atoms with Gasteiger partial charge in [0.15, 0.2) is 10.1 Å². The minimum absolute atomic E-state index is 0.0774. The lowest BCUT2D eigenvalue weighted by Crippen LogP contribution is -2.35. The summed E-state index contributed by atoms with van der Waals surface area (Å²) in [6.07, 6.45) is 1.67. The molecule has 4 rings (SSSR count). The number of amides is 2. The number of sulfonamides is 2. The van der Waals surface area contributed by atoms with Crippen LogP contribution < -0.4 is 19.9 Å². The average Bonchev–Trinajstić information content (AvgIpc) is 3.74. The number of nitrogens with one attached hydrogen (secondary N) is 2. The third-order valence-corrected chi connectivity index (χ3v) is 12.4. The van der Waals surface area contributed by atoms with Gasteiger partial charge in [0.05, 0.1) is 11.4 Å². The minimum Gasteiger partial charge on any atom is -0.387 e. The number of nitrogens with two attached hydrogens (primary N) is 1. The number of anilines is 1. The van der Waals surface area contributed by atoms with Crippen molar-refractivity contribution in [3.63, 3.8) is 0 Å². The number of rotatable bonds is 15. The monoisotopic (exact) mass is 934 g/mol. The zero-order valence-corrected chi connectivity index (χ0v) is 41.7. The SMILES string of the molecule is CC(C)N(C)Cc1cc(S(N)(=O)=O)nn1C.CC(C)c1cc(F)cc(C(C)C)c1NC(=O)NS(=O)(=O)c1cc(CN(C)C(C)C)n(C)n1.CC(C)c1cc(F)cc(C(C)C)c1OC#N. The van der Waals surface area contributed by atoms with Crippen LogP contribution >= 0.6 is 0 Å². The van der Waals surface area contributed by atoms with Crippen LogP contribution in [0, 0.1) is 23.2 Å². The summed E-state index contributed by atoms with van der Waals surface area (Å²) >= 11 is 0. The van der Waals surface area contributed by atoms with Gasteiger partial charge in [0.2, 0.25) is 0 Å². The summed E-state index contributed by atoms with van der Waals surface area (Å²) in [5.41, 5.74) is 4.61. The van der Waals surface area contributed by atoms with Gasteiger partial charge in [0.1, 0.15) is 17.4 Å². The molecule has 64 heavy (non-hydrogen) atoms. The summed E-state index contributed by atoms with van der Waals surface area (Å²) < 4.78 is 85.4. The van der Waals surface area contributed by atoms with Crippen LogP contribution in [0.5, 0.6) is 5.75 Å². The summed E-state index contributed by atoms with van der Waals surface area (Å²) in [6.45, 7) is 24.6. The number of aromatic nitrogens is 4. The first-order chi connectivity index (χ1) is 29.4. The summed E-state index contributed by atoms with van der Waals surface area (Å²) in [5, 5.41) is 23.9. The van der Waals surface area contributed by atoms with E-state index in [-0.39, 0.29) is 45.6 Å². The number of halogens is 2. The maximum Gasteiger partial charge on any atom is 0.333 e. The highest BCUT2D eigenvalue weighted by Gasteiger charge is 2.25. The van der Waals surface area contributed by atoms with Crippen molar-refractivity contribution in [2.75, 3.05) is 19.4 Å². The molecule has 20 heteroatoms. The number of ether oxygens (including phenoxy) is 1. The normalized spacial score (nSPS) is 12.0. The molecular weight excluding hydrogens is 867 g/mol. The second-order valence-electron chi connectivity index (χ2n) is 17.5. The maximum atomic E-state index is 14.1. The number of hydrogen-bond donors (Lipinski definition) is 3. The Balaban J connectivity index is 0.000000368. The lowest BCUT2D eigenvalue weighted by molar-refractivity contribution is 0.256. The van der Waals surface area contributed by atoms with Crippen molar-refractivity contribution in [3.8, 4) is 12.0 Å². The molecule has 356 valence electrons. The number of nitrogens with zero attached hydrogens (tertiary/aromatic N) is 7. The number of carbonyl (C=O) groups is 1. The molecule has 0 aliphatic heterocycles. The molecule has 0 aliphatic carbocycles. The summed E-state index contributed by atoms with van der Waals surface area (Å²) in [5.74, 6) is -0.0825. The largest absolute Gasteiger partial charge is 0.387 e. The van der Waals surface area contributed by atoms with E-state index in [1.807, 2.05) is 93.0 Å². The van der Waals surface area contributed by atoms with Gasteiger partial charge in [-0.3, -0.25) is 19.2 Å². The van der Waals surface area contributed by atoms with Gasteiger partial charge in [-0.15, -0.1) is 5.26 Å². The predicted octanol–water partition coefficient (Wildman–Crippen LogP) is 8.00. The predicted molar refractivity (Wildman–Crippen MR) is 246 cm³/mol. The van der Waals surface area contributed by atoms with Crippen LogP contribution in [0.4, 0.5) is 19.3 Å². The molecule has 16 nitrogen and oxygen atoms in total. The van der Waals surface area contributed by atoms with Crippen LogP contribution in [-0.2, 0) is 47.2 Å². The Morgan fingerprint density at radius 3 is 1.39 bits per heavy atom. The number of carbonyl (C=O) groups excluding carboxylic acids is 1. The number of urea groups is 1. The van der Waals surface area contributed by atoms with Crippen LogP contribution in [-0.4, -0.2) is 78.4 Å². The molecule has 2 amide bonds. The zero-order chi connectivity index (χ0) is 49.2. The maximum absolute atomic E-state index is 14.1. The molecular formula is C44H68F2N10O6S2. The van der Waals surface area contributed by atoms with Crippen LogP contribution in [0.1, 0.15) is 140 Å². The molecule has 4 aromatic rings. The van der Waals surface area contributed by atoms with Crippen molar-refractivity contribution in [1.29, 1.82) is 5.26 Å². The van der Waals surface area contributed by atoms with Crippen LogP contribution in [0.15, 0.2) is 46.5 Å². The van der Waals surface area contributed by atoms with E-state index in [1.165, 1.54) is 41.1 Å². The number of hydrogen-bond acceptors (Lipinski definition) is 11. The van der Waals surface area contributed by atoms with E-state index in [2.05, 4.69) is 34.3 Å². The van der Waals surface area contributed by atoms with Crippen LogP contribution in [0.25, 0.3) is 0 Å². The van der Waals surface area contributed by atoms with E-state index >= 15 is 0 Å². The second kappa shape index (κ2) is 23.3. The van der Waals surface area contributed by atoms with E-state index in [9.17, 15) is 30.4 Å². The Morgan fingerprint density at radius 2 is 1.06 bits per heavy atom. The molecule has 0 spiro atoms. The van der Waals surface area contributed by atoms with Crippen molar-refractivity contribution < 1.29 is 35.1 Å². The van der Waals surface area contributed by atoms with Crippen molar-refractivity contribution in [2.45, 2.75) is 142 Å². The van der Waals surface area contributed by atoms with E-state index in [4.69, 9.17) is 15.1 Å². The average molecular weight is 935 g/mol. The van der Waals surface area contributed by atoms with Crippen LogP contribution in [0.3, 0.4) is 0 Å². The van der Waals surface area contributed by atoms with Gasteiger partial charge in [0.25, 0.3) is 26.3 Å². The van der Waals surface area contributed by atoms with E-state index in [0.717, 1.165) is 16.8 Å². The molecule has 0 radical (unpaired) electrons. The highest BCUT2D eigenvalue weighted by molar-refractivity contribution is 7.90. The summed E-state index contributed by atoms with van der Waals surface area (Å²) in [6, 6.07) is 8.27. The first kappa shape index (κ1) is 55.2. The van der Waals surface area contributed by atoms with Gasteiger partial charge < -0.3 is 10.1 Å². The molecule has 0 saturated carbocycles. The fourth-order valence-corrected chi connectivity index (χ4v) is 7.53. The van der Waals surface area contributed by atoms with Gasteiger partial charge in [-0.1, -0.05) is 55.4 Å². The number of aryl methyl sites for hydroxylation is 2. The van der Waals surface area contributed by atoms with E-state index < -0.39 is 31.9 Å². The third-order valence-electron chi connectivity index (χ3n) is 10.4. The molecule has 2 heterocycles. The Labute approximate surface area is 379 Å². The van der Waals surface area contributed by atoms with Gasteiger partial charge in [-0.25, -0.2) is 31.9 Å². The number of nitriles is 1. The van der Waals surface area contributed by atoms with Crippen molar-refractivity contribution in [3.05, 3.63) is 81.7 Å². The topological polar surface area (TPSA) is 211 Å². The fraction of sp³-hybridized carbons (Fsp3) is 0.545. The number of benzene rings is 2. The molecule has 0 saturated heterocycles. The Kier molecular flexibility index (Phi) is 20.1. The molecule has 0 aliphatic rings. The van der Waals surface area contributed by atoms with Crippen molar-refractivity contribution in [2.24, 2.45) is 19.2 Å². The van der Waals surface area contributed by atoms with Crippen molar-refractivity contribution in [1.82, 2.24) is 34.1 Å². The van der Waals surface area contributed by atoms with Crippen molar-refractivity contribution >= 4 is 31.8 Å². The Hall–Kier alpha value is -4.94. The standard InChI is InChI=1S/C22H34FN5O3S.C13H16FNO.C9H18N4O2S/c1-13(2)18-9-16(23)10-19(14(3)4)21(18)24-22(29)26-32(30,31)20-11-17(28(8)25-20)12-27(7)15(5)6;1-8(2)11-5-10(14)6-12(9(3)4)13(11)16-7-15;1-7(2)12(3)6-8-5-9(11-13(8)4)16(10,14)15/h9-11,13-15H,12H2,1-8H3,(H2,24,26,29);5-6,8-9H,1-4H3;5,7H,6H2,1-4H3,(H2,10,14,15). The smallest absolute Gasteiger partial charge is 0.333 e. The molecule has 0 fully saturated rings. The molecule has 0 atom stereocenters. The van der Waals surface area contributed by atoms with Crippen LogP contribution in [0.2, 0.25) is 0 Å². The highest BCUT2D eigenvalue weighted by Crippen LogP contribution is 2.36. The van der Waals surface area contributed by atoms with E-state index in [0.29, 0.717) is 47.4 Å². The molecule has 0 bridgehead atoms. The molecule has 2 aromatic heterocycles. The Bertz CT molecular complexity index is 2420. The third kappa shape index (κ3) is 15.6. The summed E-state index contributed by atoms with van der Waals surface area (Å²) in [4.78, 5) is 16.8. The molecule has 2 aromatic carbocycles. The minimum atomic E-state index is -4.20. The first-order valence-corrected chi connectivity index (χ1v) is 24.0. The molecule has 4 N–H and O–H groups in total. The zero-order valence-electron chi connectivity index (χ0n) is 40.1. The quantitative estimate of drug-likeness (QED) is 0.0973. The van der Waals surface area contributed by atoms with Gasteiger partial charge in [-0.05, 0) is 101 Å². The van der Waals surface area contributed by atoms with E-state index in [1.54, 1.807) is 25.0 Å². The lowest BCUT2D eigenvalue weighted by Gasteiger charge is -2.20. The summed E-state index contributed by atoms with van der Waals surface area (Å²) in [7, 11) is -0.649. The fourth-order valence-electron chi connectivity index (χ4n) is 6.07. The lowest BCUT2D eigenvalue weighted by atomic mass is 9.92. The second-order valence-corrected chi connectivity index (χ2v) is 20.6. The Morgan fingerprint density at radius 1 is 0.703 bits per heavy atom. The molecule has 0 unspecified atom stereocenters. The highest BCUT2D eigenvalue weighted by atomic mass is 32.2. The first-order valence-electron chi connectivity index (χ1n) is 21.0. The number of primary sulfonamides is 1. The van der Waals surface area contributed by atoms with Gasteiger partial charge >= 0.3 is 6.03 Å².